The van der Waals surface area contributed by atoms with E-state index in [1.807, 2.05) is 6.07 Å². The molecule has 0 radical (unpaired) electrons. The molecule has 5 atom stereocenters. The number of amides is 1. The number of hydrogen-bond donors (Lipinski definition) is 3. The molecule has 2 saturated carbocycles. The summed E-state index contributed by atoms with van der Waals surface area (Å²) in [6.07, 6.45) is 5.36. The number of hydrogen-bond acceptors (Lipinski definition) is 5. The molecule has 28 heavy (non-hydrogen) atoms. The van der Waals surface area contributed by atoms with Crippen molar-refractivity contribution in [3.8, 4) is 5.75 Å². The number of nitrogens with two attached hydrogens (primary N) is 1. The Morgan fingerprint density at radius 3 is 2.82 bits per heavy atom. The maximum Gasteiger partial charge on any atom is 0.252 e. The summed E-state index contributed by atoms with van der Waals surface area (Å²) in [6.45, 7) is 1.95. The van der Waals surface area contributed by atoms with Gasteiger partial charge < -0.3 is 20.7 Å². The number of piperidine rings is 1. The second-order valence-corrected chi connectivity index (χ2v) is 9.64. The first kappa shape index (κ1) is 17.2. The summed E-state index contributed by atoms with van der Waals surface area (Å²) < 4.78 is 6.27. The van der Waals surface area contributed by atoms with E-state index < -0.39 is 29.1 Å². The number of likely N-dealkylation sites (tertiary alicyclic amines) is 1. The van der Waals surface area contributed by atoms with Crippen LogP contribution in [0.25, 0.3) is 0 Å². The largest absolute Gasteiger partial charge is 0.486 e. The SMILES string of the molecule is NC(=O)c1ccc2c3c1O[C@H]1C(O)CC[C@@]4(O)[C@@H](C2)N(CC2CCC2)CC[C@]314. The second-order valence-electron chi connectivity index (χ2n) is 9.64. The van der Waals surface area contributed by atoms with Gasteiger partial charge in [-0.3, -0.25) is 9.69 Å². The fourth-order valence-electron chi connectivity index (χ4n) is 7.04. The Kier molecular flexibility index (Phi) is 3.38. The zero-order valence-electron chi connectivity index (χ0n) is 16.1. The lowest BCUT2D eigenvalue weighted by Gasteiger charge is -2.64. The van der Waals surface area contributed by atoms with Gasteiger partial charge in [-0.1, -0.05) is 12.5 Å². The fraction of sp³-hybridized carbons (Fsp3) is 0.682. The molecule has 2 heterocycles. The number of primary amides is 1. The summed E-state index contributed by atoms with van der Waals surface area (Å²) in [7, 11) is 0. The third-order valence-corrected chi connectivity index (χ3v) is 8.55. The van der Waals surface area contributed by atoms with Gasteiger partial charge in [0.25, 0.3) is 5.91 Å². The number of benzene rings is 1. The van der Waals surface area contributed by atoms with E-state index in [1.54, 1.807) is 6.07 Å². The van der Waals surface area contributed by atoms with Crippen LogP contribution in [0.3, 0.4) is 0 Å². The first-order valence-electron chi connectivity index (χ1n) is 10.7. The van der Waals surface area contributed by atoms with E-state index in [4.69, 9.17) is 10.5 Å². The topological polar surface area (TPSA) is 96.0 Å². The minimum absolute atomic E-state index is 0.0401. The lowest BCUT2D eigenvalue weighted by Crippen LogP contribution is -2.77. The van der Waals surface area contributed by atoms with Gasteiger partial charge in [-0.05, 0) is 62.6 Å². The van der Waals surface area contributed by atoms with Gasteiger partial charge in [-0.15, -0.1) is 0 Å². The summed E-state index contributed by atoms with van der Waals surface area (Å²) in [5, 5.41) is 23.0. The van der Waals surface area contributed by atoms with Crippen LogP contribution in [0.15, 0.2) is 12.1 Å². The molecule has 150 valence electrons. The van der Waals surface area contributed by atoms with Crippen molar-refractivity contribution in [3.63, 3.8) is 0 Å². The van der Waals surface area contributed by atoms with Gasteiger partial charge in [0.2, 0.25) is 0 Å². The number of carbonyl (C=O) groups is 1. The van der Waals surface area contributed by atoms with Gasteiger partial charge >= 0.3 is 0 Å². The smallest absolute Gasteiger partial charge is 0.252 e. The highest BCUT2D eigenvalue weighted by Gasteiger charge is 2.72. The van der Waals surface area contributed by atoms with E-state index in [0.29, 0.717) is 24.2 Å². The van der Waals surface area contributed by atoms with Crippen molar-refractivity contribution in [3.05, 3.63) is 28.8 Å². The minimum Gasteiger partial charge on any atom is -0.486 e. The second kappa shape index (κ2) is 5.49. The maximum absolute atomic E-state index is 12.2. The molecule has 1 aromatic carbocycles. The molecule has 1 amide bonds. The molecule has 1 aromatic rings. The van der Waals surface area contributed by atoms with Crippen LogP contribution in [0.4, 0.5) is 0 Å². The molecule has 5 aliphatic rings. The molecule has 3 fully saturated rings. The van der Waals surface area contributed by atoms with Crippen molar-refractivity contribution in [1.82, 2.24) is 4.90 Å². The number of ether oxygens (including phenoxy) is 1. The van der Waals surface area contributed by atoms with Gasteiger partial charge in [0.15, 0.2) is 0 Å². The lowest BCUT2D eigenvalue weighted by molar-refractivity contribution is -0.209. The highest BCUT2D eigenvalue weighted by molar-refractivity contribution is 5.97. The Hall–Kier alpha value is -1.63. The number of carbonyl (C=O) groups excluding carboxylic acids is 1. The molecule has 1 unspecified atom stereocenters. The molecule has 6 nitrogen and oxygen atoms in total. The molecule has 1 saturated heterocycles. The van der Waals surface area contributed by atoms with E-state index in [1.165, 1.54) is 19.3 Å². The summed E-state index contributed by atoms with van der Waals surface area (Å²) >= 11 is 0. The zero-order chi connectivity index (χ0) is 19.3. The first-order valence-corrected chi connectivity index (χ1v) is 10.7. The highest BCUT2D eigenvalue weighted by atomic mass is 16.5. The van der Waals surface area contributed by atoms with Crippen molar-refractivity contribution in [2.75, 3.05) is 13.1 Å². The van der Waals surface area contributed by atoms with Crippen molar-refractivity contribution in [2.45, 2.75) is 74.2 Å². The van der Waals surface area contributed by atoms with Gasteiger partial charge in [0.05, 0.1) is 22.7 Å². The zero-order valence-corrected chi connectivity index (χ0v) is 16.1. The average Bonchev–Trinajstić information content (AvgIpc) is 2.97. The molecule has 6 rings (SSSR count). The predicted molar refractivity (Wildman–Crippen MR) is 102 cm³/mol. The molecular formula is C22H28N2O4. The van der Waals surface area contributed by atoms with Crippen LogP contribution in [0, 0.1) is 5.92 Å². The average molecular weight is 384 g/mol. The van der Waals surface area contributed by atoms with Gasteiger partial charge in [0.1, 0.15) is 11.9 Å². The maximum atomic E-state index is 12.2. The normalized spacial score (nSPS) is 41.1. The Labute approximate surface area is 164 Å². The Morgan fingerprint density at radius 1 is 1.29 bits per heavy atom. The van der Waals surface area contributed by atoms with Gasteiger partial charge in [0, 0.05) is 18.2 Å². The van der Waals surface area contributed by atoms with E-state index >= 15 is 0 Å². The van der Waals surface area contributed by atoms with Crippen LogP contribution in [0.5, 0.6) is 5.75 Å². The van der Waals surface area contributed by atoms with Gasteiger partial charge in [-0.25, -0.2) is 0 Å². The number of aliphatic hydroxyl groups is 2. The van der Waals surface area contributed by atoms with E-state index in [2.05, 4.69) is 4.90 Å². The van der Waals surface area contributed by atoms with Crippen molar-refractivity contribution in [1.29, 1.82) is 0 Å². The van der Waals surface area contributed by atoms with Crippen LogP contribution in [0.1, 0.15) is 60.0 Å². The fourth-order valence-corrected chi connectivity index (χ4v) is 7.04. The van der Waals surface area contributed by atoms with Crippen molar-refractivity contribution >= 4 is 5.91 Å². The van der Waals surface area contributed by atoms with E-state index in [-0.39, 0.29) is 6.04 Å². The van der Waals surface area contributed by atoms with Crippen LogP contribution in [-0.4, -0.2) is 58.0 Å². The minimum atomic E-state index is -0.937. The molecule has 2 aliphatic heterocycles. The lowest BCUT2D eigenvalue weighted by atomic mass is 9.48. The van der Waals surface area contributed by atoms with Crippen LogP contribution < -0.4 is 10.5 Å². The predicted octanol–water partition coefficient (Wildman–Crippen LogP) is 1.10. The standard InChI is InChI=1S/C22H28N2O4/c23-20(26)14-5-4-13-10-16-22(27)7-6-15(25)19-21(22,17(13)18(14)28-19)8-9-24(16)11-12-2-1-3-12/h4-5,12,15-16,19,25,27H,1-3,6-11H2,(H2,23,26)/t15?,16-,19+,21+,22-/m1/s1. The number of nitrogens with zero attached hydrogens (tertiary/aromatic N) is 1. The van der Waals surface area contributed by atoms with E-state index in [0.717, 1.165) is 43.0 Å². The molecule has 3 aliphatic carbocycles. The third-order valence-electron chi connectivity index (χ3n) is 8.55. The summed E-state index contributed by atoms with van der Waals surface area (Å²) in [5.41, 5.74) is 6.51. The molecule has 6 heteroatoms. The first-order chi connectivity index (χ1) is 13.5. The Morgan fingerprint density at radius 2 is 2.11 bits per heavy atom. The van der Waals surface area contributed by atoms with Crippen LogP contribution in [-0.2, 0) is 11.8 Å². The molecule has 0 aromatic heterocycles. The van der Waals surface area contributed by atoms with Gasteiger partial charge in [-0.2, -0.15) is 0 Å². The Bertz CT molecular complexity index is 868. The molecule has 4 N–H and O–H groups in total. The molecule has 2 bridgehead atoms. The van der Waals surface area contributed by atoms with Crippen LogP contribution in [0.2, 0.25) is 0 Å². The highest BCUT2D eigenvalue weighted by Crippen LogP contribution is 2.64. The molecule has 1 spiro atoms. The van der Waals surface area contributed by atoms with E-state index in [9.17, 15) is 15.0 Å². The molecular weight excluding hydrogens is 356 g/mol. The monoisotopic (exact) mass is 384 g/mol. The quantitative estimate of drug-likeness (QED) is 0.725. The number of rotatable bonds is 3. The number of aliphatic hydroxyl groups excluding tert-OH is 1. The summed E-state index contributed by atoms with van der Waals surface area (Å²) in [5.74, 6) is 0.743. The third kappa shape index (κ3) is 1.87. The summed E-state index contributed by atoms with van der Waals surface area (Å²) in [6, 6.07) is 3.79. The summed E-state index contributed by atoms with van der Waals surface area (Å²) in [4.78, 5) is 14.5. The van der Waals surface area contributed by atoms with Crippen molar-refractivity contribution < 1.29 is 19.7 Å². The van der Waals surface area contributed by atoms with Crippen molar-refractivity contribution in [2.24, 2.45) is 11.7 Å². The van der Waals surface area contributed by atoms with Crippen LogP contribution >= 0.6 is 0 Å². The Balaban J connectivity index is 1.53.